The molecule has 1 heterocycles. The molecule has 2 aromatic rings. The van der Waals surface area contributed by atoms with Gasteiger partial charge in [-0.1, -0.05) is 51.1 Å². The lowest BCUT2D eigenvalue weighted by molar-refractivity contribution is 0.588. The molecule has 0 aliphatic carbocycles. The smallest absolute Gasteiger partial charge is 0.0830 e. The highest BCUT2D eigenvalue weighted by atomic mass is 15.4. The summed E-state index contributed by atoms with van der Waals surface area (Å²) in [6.45, 7) is 9.01. The van der Waals surface area contributed by atoms with Crippen molar-refractivity contribution in [2.45, 2.75) is 52.4 Å². The average molecular weight is 271 g/mol. The van der Waals surface area contributed by atoms with Crippen molar-refractivity contribution in [2.24, 2.45) is 7.05 Å². The molecule has 3 heteroatoms. The Balaban J connectivity index is 2.20. The highest BCUT2D eigenvalue weighted by Crippen LogP contribution is 2.25. The lowest BCUT2D eigenvalue weighted by Crippen LogP contribution is -2.12. The summed E-state index contributed by atoms with van der Waals surface area (Å²) in [6, 6.07) is 6.92. The lowest BCUT2D eigenvalue weighted by atomic mass is 9.84. The number of rotatable bonds is 4. The van der Waals surface area contributed by atoms with Crippen molar-refractivity contribution >= 4 is 0 Å². The molecule has 20 heavy (non-hydrogen) atoms. The van der Waals surface area contributed by atoms with Crippen LogP contribution in [0.5, 0.6) is 0 Å². The van der Waals surface area contributed by atoms with E-state index in [1.54, 1.807) is 4.68 Å². The number of hydrogen-bond acceptors (Lipinski definition) is 2. The van der Waals surface area contributed by atoms with Crippen molar-refractivity contribution in [3.8, 4) is 0 Å². The fraction of sp³-hybridized carbons (Fsp3) is 0.529. The Hall–Kier alpha value is -1.64. The standard InChI is InChI=1S/C17H25N3/c1-6-13-7-9-15(17(2,3)4)11-14(13)8-10-16-12-20(5)19-18-16/h7,9,11-12H,6,8,10H2,1-5H3. The zero-order chi connectivity index (χ0) is 14.8. The van der Waals surface area contributed by atoms with Gasteiger partial charge in [0.05, 0.1) is 5.69 Å². The molecule has 0 saturated heterocycles. The van der Waals surface area contributed by atoms with Crippen molar-refractivity contribution < 1.29 is 0 Å². The van der Waals surface area contributed by atoms with Gasteiger partial charge in [-0.2, -0.15) is 0 Å². The van der Waals surface area contributed by atoms with Gasteiger partial charge < -0.3 is 0 Å². The van der Waals surface area contributed by atoms with Gasteiger partial charge in [0, 0.05) is 13.2 Å². The van der Waals surface area contributed by atoms with E-state index >= 15 is 0 Å². The summed E-state index contributed by atoms with van der Waals surface area (Å²) < 4.78 is 1.77. The first kappa shape index (κ1) is 14.8. The normalized spacial score (nSPS) is 11.8. The van der Waals surface area contributed by atoms with E-state index in [1.807, 2.05) is 13.2 Å². The van der Waals surface area contributed by atoms with E-state index in [1.165, 1.54) is 16.7 Å². The van der Waals surface area contributed by atoms with Crippen LogP contribution in [0.4, 0.5) is 0 Å². The summed E-state index contributed by atoms with van der Waals surface area (Å²) in [5.74, 6) is 0. The van der Waals surface area contributed by atoms with Crippen LogP contribution in [0.3, 0.4) is 0 Å². The van der Waals surface area contributed by atoms with Crippen LogP contribution in [-0.2, 0) is 31.7 Å². The summed E-state index contributed by atoms with van der Waals surface area (Å²) >= 11 is 0. The number of benzene rings is 1. The molecular formula is C17H25N3. The van der Waals surface area contributed by atoms with Gasteiger partial charge in [-0.15, -0.1) is 5.10 Å². The quantitative estimate of drug-likeness (QED) is 0.852. The number of aromatic nitrogens is 3. The van der Waals surface area contributed by atoms with Gasteiger partial charge in [0.15, 0.2) is 0 Å². The Bertz CT molecular complexity index is 576. The zero-order valence-corrected chi connectivity index (χ0v) is 13.3. The van der Waals surface area contributed by atoms with Gasteiger partial charge in [0.1, 0.15) is 0 Å². The molecule has 108 valence electrons. The van der Waals surface area contributed by atoms with Crippen LogP contribution in [0.2, 0.25) is 0 Å². The van der Waals surface area contributed by atoms with Crippen molar-refractivity contribution in [2.75, 3.05) is 0 Å². The van der Waals surface area contributed by atoms with E-state index in [-0.39, 0.29) is 5.41 Å². The second kappa shape index (κ2) is 5.78. The highest BCUT2D eigenvalue weighted by molar-refractivity contribution is 5.35. The van der Waals surface area contributed by atoms with Crippen molar-refractivity contribution in [1.29, 1.82) is 0 Å². The van der Waals surface area contributed by atoms with Crippen LogP contribution < -0.4 is 0 Å². The van der Waals surface area contributed by atoms with Crippen LogP contribution >= 0.6 is 0 Å². The summed E-state index contributed by atoms with van der Waals surface area (Å²) in [5, 5.41) is 8.17. The van der Waals surface area contributed by atoms with E-state index in [9.17, 15) is 0 Å². The Kier molecular flexibility index (Phi) is 4.26. The first-order valence-electron chi connectivity index (χ1n) is 7.37. The highest BCUT2D eigenvalue weighted by Gasteiger charge is 2.15. The van der Waals surface area contributed by atoms with E-state index in [2.05, 4.69) is 56.2 Å². The first-order chi connectivity index (χ1) is 9.40. The van der Waals surface area contributed by atoms with E-state index in [0.717, 1.165) is 25.0 Å². The van der Waals surface area contributed by atoms with Crippen LogP contribution in [0.15, 0.2) is 24.4 Å². The Morgan fingerprint density at radius 2 is 1.85 bits per heavy atom. The van der Waals surface area contributed by atoms with Gasteiger partial charge in [-0.25, -0.2) is 0 Å². The molecule has 0 spiro atoms. The molecule has 0 unspecified atom stereocenters. The maximum Gasteiger partial charge on any atom is 0.0830 e. The van der Waals surface area contributed by atoms with Crippen LogP contribution in [0, 0.1) is 0 Å². The predicted octanol–water partition coefficient (Wildman–Crippen LogP) is 3.46. The molecule has 0 aliphatic rings. The molecule has 1 aromatic heterocycles. The molecule has 0 amide bonds. The minimum absolute atomic E-state index is 0.202. The monoisotopic (exact) mass is 271 g/mol. The minimum Gasteiger partial charge on any atom is -0.255 e. The SMILES string of the molecule is CCc1ccc(C(C)(C)C)cc1CCc1cn(C)nn1. The number of hydrogen-bond donors (Lipinski definition) is 0. The topological polar surface area (TPSA) is 30.7 Å². The van der Waals surface area contributed by atoms with E-state index in [4.69, 9.17) is 0 Å². The van der Waals surface area contributed by atoms with Crippen LogP contribution in [0.25, 0.3) is 0 Å². The van der Waals surface area contributed by atoms with Gasteiger partial charge in [0.25, 0.3) is 0 Å². The third-order valence-corrected chi connectivity index (χ3v) is 3.75. The average Bonchev–Trinajstić information content (AvgIpc) is 2.80. The molecule has 0 saturated carbocycles. The molecule has 3 nitrogen and oxygen atoms in total. The summed E-state index contributed by atoms with van der Waals surface area (Å²) in [4.78, 5) is 0. The number of aryl methyl sites for hydroxylation is 4. The third-order valence-electron chi connectivity index (χ3n) is 3.75. The third kappa shape index (κ3) is 3.47. The van der Waals surface area contributed by atoms with Crippen LogP contribution in [0.1, 0.15) is 50.1 Å². The largest absolute Gasteiger partial charge is 0.255 e. The fourth-order valence-corrected chi connectivity index (χ4v) is 2.44. The molecule has 0 fully saturated rings. The molecule has 2 rings (SSSR count). The Morgan fingerprint density at radius 3 is 2.40 bits per heavy atom. The molecule has 1 aromatic carbocycles. The maximum absolute atomic E-state index is 4.17. The Labute approximate surface area is 122 Å². The Morgan fingerprint density at radius 1 is 1.10 bits per heavy atom. The van der Waals surface area contributed by atoms with E-state index < -0.39 is 0 Å². The minimum atomic E-state index is 0.202. The molecule has 0 bridgehead atoms. The molecule has 0 atom stereocenters. The summed E-state index contributed by atoms with van der Waals surface area (Å²) in [7, 11) is 1.91. The summed E-state index contributed by atoms with van der Waals surface area (Å²) in [6.07, 6.45) is 5.07. The molecule has 0 radical (unpaired) electrons. The second-order valence-electron chi connectivity index (χ2n) is 6.47. The molecular weight excluding hydrogens is 246 g/mol. The summed E-state index contributed by atoms with van der Waals surface area (Å²) in [5.41, 5.74) is 5.57. The molecule has 0 aliphatic heterocycles. The number of nitrogens with zero attached hydrogens (tertiary/aromatic N) is 3. The van der Waals surface area contributed by atoms with Crippen molar-refractivity contribution in [3.63, 3.8) is 0 Å². The fourth-order valence-electron chi connectivity index (χ4n) is 2.44. The molecule has 0 N–H and O–H groups in total. The van der Waals surface area contributed by atoms with Crippen molar-refractivity contribution in [1.82, 2.24) is 15.0 Å². The predicted molar refractivity (Wildman–Crippen MR) is 82.9 cm³/mol. The van der Waals surface area contributed by atoms with Gasteiger partial charge in [0.2, 0.25) is 0 Å². The van der Waals surface area contributed by atoms with Gasteiger partial charge in [-0.05, 0) is 41.4 Å². The lowest BCUT2D eigenvalue weighted by Gasteiger charge is -2.21. The van der Waals surface area contributed by atoms with Gasteiger partial charge in [-0.3, -0.25) is 4.68 Å². The first-order valence-corrected chi connectivity index (χ1v) is 7.37. The van der Waals surface area contributed by atoms with E-state index in [0.29, 0.717) is 0 Å². The van der Waals surface area contributed by atoms with Crippen molar-refractivity contribution in [3.05, 3.63) is 46.8 Å². The second-order valence-corrected chi connectivity index (χ2v) is 6.47. The zero-order valence-electron chi connectivity index (χ0n) is 13.3. The van der Waals surface area contributed by atoms with Gasteiger partial charge >= 0.3 is 0 Å². The van der Waals surface area contributed by atoms with Crippen LogP contribution in [-0.4, -0.2) is 15.0 Å². The maximum atomic E-state index is 4.17.